The Morgan fingerprint density at radius 3 is 2.50 bits per heavy atom. The van der Waals surface area contributed by atoms with Crippen molar-refractivity contribution in [3.05, 3.63) is 35.1 Å². The van der Waals surface area contributed by atoms with E-state index in [-0.39, 0.29) is 24.6 Å². The highest BCUT2D eigenvalue weighted by molar-refractivity contribution is 5.89. The first-order chi connectivity index (χ1) is 7.56. The molecule has 0 amide bonds. The zero-order valence-electron chi connectivity index (χ0n) is 8.83. The van der Waals surface area contributed by atoms with Gasteiger partial charge < -0.3 is 4.74 Å². The second-order valence-corrected chi connectivity index (χ2v) is 3.95. The maximum atomic E-state index is 13.1. The van der Waals surface area contributed by atoms with Gasteiger partial charge in [0.05, 0.1) is 12.8 Å². The number of aryl methyl sites for hydroxylation is 1. The van der Waals surface area contributed by atoms with Crippen molar-refractivity contribution in [1.29, 1.82) is 0 Å². The molecule has 1 aromatic carbocycles. The third-order valence-electron chi connectivity index (χ3n) is 2.73. The SMILES string of the molecule is Cc1ccc(F)cc1C1CC(=O)OC(=O)C1. The van der Waals surface area contributed by atoms with Crippen molar-refractivity contribution >= 4 is 11.9 Å². The number of esters is 2. The van der Waals surface area contributed by atoms with Gasteiger partial charge in [0.15, 0.2) is 0 Å². The van der Waals surface area contributed by atoms with E-state index in [1.807, 2.05) is 6.92 Å². The Labute approximate surface area is 92.2 Å². The van der Waals surface area contributed by atoms with E-state index in [0.29, 0.717) is 5.56 Å². The molecular weight excluding hydrogens is 211 g/mol. The molecule has 1 heterocycles. The summed E-state index contributed by atoms with van der Waals surface area (Å²) in [5.41, 5.74) is 1.60. The van der Waals surface area contributed by atoms with E-state index in [0.717, 1.165) is 5.56 Å². The molecule has 1 aliphatic heterocycles. The zero-order valence-corrected chi connectivity index (χ0v) is 8.83. The molecule has 1 aromatic rings. The van der Waals surface area contributed by atoms with E-state index in [1.54, 1.807) is 6.07 Å². The van der Waals surface area contributed by atoms with Gasteiger partial charge in [-0.1, -0.05) is 6.07 Å². The molecule has 16 heavy (non-hydrogen) atoms. The van der Waals surface area contributed by atoms with Crippen molar-refractivity contribution in [2.24, 2.45) is 0 Å². The molecular formula is C12H11FO3. The summed E-state index contributed by atoms with van der Waals surface area (Å²) in [5.74, 6) is -1.69. The van der Waals surface area contributed by atoms with Crippen molar-refractivity contribution in [3.8, 4) is 0 Å². The largest absolute Gasteiger partial charge is 0.393 e. The summed E-state index contributed by atoms with van der Waals surface area (Å²) in [4.78, 5) is 22.2. The summed E-state index contributed by atoms with van der Waals surface area (Å²) in [7, 11) is 0. The van der Waals surface area contributed by atoms with E-state index >= 15 is 0 Å². The Kier molecular flexibility index (Phi) is 2.73. The quantitative estimate of drug-likeness (QED) is 0.539. The summed E-state index contributed by atoms with van der Waals surface area (Å²) < 4.78 is 17.5. The predicted molar refractivity (Wildman–Crippen MR) is 54.2 cm³/mol. The minimum atomic E-state index is -0.537. The summed E-state index contributed by atoms with van der Waals surface area (Å²) >= 11 is 0. The topological polar surface area (TPSA) is 43.4 Å². The van der Waals surface area contributed by atoms with Crippen LogP contribution in [-0.4, -0.2) is 11.9 Å². The number of carbonyl (C=O) groups is 2. The van der Waals surface area contributed by atoms with Crippen molar-refractivity contribution in [2.75, 3.05) is 0 Å². The first kappa shape index (κ1) is 10.8. The van der Waals surface area contributed by atoms with Crippen LogP contribution in [0.3, 0.4) is 0 Å². The molecule has 3 nitrogen and oxygen atoms in total. The molecule has 0 atom stereocenters. The van der Waals surface area contributed by atoms with Crippen LogP contribution in [0.4, 0.5) is 4.39 Å². The smallest absolute Gasteiger partial charge is 0.314 e. The van der Waals surface area contributed by atoms with Crippen LogP contribution in [0.5, 0.6) is 0 Å². The molecule has 1 aliphatic rings. The molecule has 0 saturated carbocycles. The Bertz CT molecular complexity index is 438. The van der Waals surface area contributed by atoms with Crippen LogP contribution in [-0.2, 0) is 14.3 Å². The summed E-state index contributed by atoms with van der Waals surface area (Å²) in [5, 5.41) is 0. The van der Waals surface area contributed by atoms with Gasteiger partial charge in [0.1, 0.15) is 5.82 Å². The third kappa shape index (κ3) is 2.10. The molecule has 4 heteroatoms. The second kappa shape index (κ2) is 4.04. The van der Waals surface area contributed by atoms with Gasteiger partial charge in [-0.05, 0) is 30.2 Å². The average molecular weight is 222 g/mol. The van der Waals surface area contributed by atoms with Gasteiger partial charge in [-0.2, -0.15) is 0 Å². The van der Waals surface area contributed by atoms with Crippen LogP contribution in [0.2, 0.25) is 0 Å². The molecule has 0 aliphatic carbocycles. The maximum Gasteiger partial charge on any atom is 0.314 e. The van der Waals surface area contributed by atoms with Crippen molar-refractivity contribution in [1.82, 2.24) is 0 Å². The van der Waals surface area contributed by atoms with Crippen LogP contribution in [0.25, 0.3) is 0 Å². The van der Waals surface area contributed by atoms with Crippen LogP contribution in [0.15, 0.2) is 18.2 Å². The predicted octanol–water partition coefficient (Wildman–Crippen LogP) is 2.08. The number of cyclic esters (lactones) is 2. The molecule has 0 radical (unpaired) electrons. The van der Waals surface area contributed by atoms with Gasteiger partial charge in [-0.15, -0.1) is 0 Å². The number of rotatable bonds is 1. The molecule has 0 N–H and O–H groups in total. The third-order valence-corrected chi connectivity index (χ3v) is 2.73. The Balaban J connectivity index is 2.32. The highest BCUT2D eigenvalue weighted by Gasteiger charge is 2.29. The van der Waals surface area contributed by atoms with Crippen molar-refractivity contribution in [2.45, 2.75) is 25.7 Å². The molecule has 0 spiro atoms. The number of carbonyl (C=O) groups excluding carboxylic acids is 2. The van der Waals surface area contributed by atoms with Crippen molar-refractivity contribution in [3.63, 3.8) is 0 Å². The maximum absolute atomic E-state index is 13.1. The lowest BCUT2D eigenvalue weighted by atomic mass is 9.88. The molecule has 0 bridgehead atoms. The summed E-state index contributed by atoms with van der Waals surface area (Å²) in [6.07, 6.45) is 0.270. The minimum Gasteiger partial charge on any atom is -0.393 e. The first-order valence-electron chi connectivity index (χ1n) is 5.06. The standard InChI is InChI=1S/C12H11FO3/c1-7-2-3-9(13)6-10(7)8-4-11(14)16-12(15)5-8/h2-3,6,8H,4-5H2,1H3. The Hall–Kier alpha value is -1.71. The highest BCUT2D eigenvalue weighted by Crippen LogP contribution is 2.30. The Morgan fingerprint density at radius 2 is 1.88 bits per heavy atom. The van der Waals surface area contributed by atoms with Gasteiger partial charge in [0.25, 0.3) is 0 Å². The number of hydrogen-bond acceptors (Lipinski definition) is 3. The molecule has 0 unspecified atom stereocenters. The van der Waals surface area contributed by atoms with E-state index in [2.05, 4.69) is 4.74 Å². The summed E-state index contributed by atoms with van der Waals surface area (Å²) in [6.45, 7) is 1.83. The van der Waals surface area contributed by atoms with Gasteiger partial charge in [0, 0.05) is 5.92 Å². The first-order valence-corrected chi connectivity index (χ1v) is 5.06. The number of benzene rings is 1. The molecule has 84 valence electrons. The lowest BCUT2D eigenvalue weighted by Gasteiger charge is -2.21. The van der Waals surface area contributed by atoms with Gasteiger partial charge in [-0.3, -0.25) is 9.59 Å². The monoisotopic (exact) mass is 222 g/mol. The van der Waals surface area contributed by atoms with Crippen LogP contribution < -0.4 is 0 Å². The fourth-order valence-electron chi connectivity index (χ4n) is 1.96. The number of hydrogen-bond donors (Lipinski definition) is 0. The second-order valence-electron chi connectivity index (χ2n) is 3.95. The zero-order chi connectivity index (χ0) is 11.7. The summed E-state index contributed by atoms with van der Waals surface area (Å²) in [6, 6.07) is 4.39. The van der Waals surface area contributed by atoms with Crippen LogP contribution >= 0.6 is 0 Å². The molecule has 2 rings (SSSR count). The Morgan fingerprint density at radius 1 is 1.25 bits per heavy atom. The highest BCUT2D eigenvalue weighted by atomic mass is 19.1. The normalized spacial score (nSPS) is 17.4. The van der Waals surface area contributed by atoms with E-state index < -0.39 is 11.9 Å². The number of ether oxygens (including phenoxy) is 1. The van der Waals surface area contributed by atoms with E-state index in [4.69, 9.17) is 0 Å². The van der Waals surface area contributed by atoms with E-state index in [9.17, 15) is 14.0 Å². The molecule has 0 aromatic heterocycles. The van der Waals surface area contributed by atoms with Crippen LogP contribution in [0.1, 0.15) is 29.9 Å². The lowest BCUT2D eigenvalue weighted by Crippen LogP contribution is -2.24. The van der Waals surface area contributed by atoms with Crippen LogP contribution in [0, 0.1) is 12.7 Å². The fourth-order valence-corrected chi connectivity index (χ4v) is 1.96. The minimum absolute atomic E-state index is 0.135. The van der Waals surface area contributed by atoms with Gasteiger partial charge in [-0.25, -0.2) is 4.39 Å². The molecule has 1 fully saturated rings. The van der Waals surface area contributed by atoms with Crippen molar-refractivity contribution < 1.29 is 18.7 Å². The average Bonchev–Trinajstić information content (AvgIpc) is 2.20. The van der Waals surface area contributed by atoms with Gasteiger partial charge in [0.2, 0.25) is 0 Å². The van der Waals surface area contributed by atoms with E-state index in [1.165, 1.54) is 12.1 Å². The fraction of sp³-hybridized carbons (Fsp3) is 0.333. The number of halogens is 1. The molecule has 1 saturated heterocycles. The van der Waals surface area contributed by atoms with Gasteiger partial charge >= 0.3 is 11.9 Å². The lowest BCUT2D eigenvalue weighted by molar-refractivity contribution is -0.163.